The highest BCUT2D eigenvalue weighted by atomic mass is 19.1. The highest BCUT2D eigenvalue weighted by Crippen LogP contribution is 2.51. The van der Waals surface area contributed by atoms with Gasteiger partial charge >= 0.3 is 0 Å². The van der Waals surface area contributed by atoms with Crippen LogP contribution in [0.5, 0.6) is 0 Å². The second-order valence-corrected chi connectivity index (χ2v) is 7.99. The van der Waals surface area contributed by atoms with Crippen LogP contribution in [-0.2, 0) is 16.9 Å². The molecule has 1 aliphatic rings. The Morgan fingerprint density at radius 1 is 1.18 bits per heavy atom. The van der Waals surface area contributed by atoms with Crippen molar-refractivity contribution in [2.24, 2.45) is 5.41 Å². The highest BCUT2D eigenvalue weighted by molar-refractivity contribution is 5.32. The van der Waals surface area contributed by atoms with Crippen LogP contribution in [0.25, 0.3) is 0 Å². The number of hydrogen-bond donors (Lipinski definition) is 1. The Balaban J connectivity index is 1.82. The van der Waals surface area contributed by atoms with E-state index < -0.39 is 11.0 Å². The predicted octanol–water partition coefficient (Wildman–Crippen LogP) is 3.96. The number of aliphatic hydroxyl groups is 1. The van der Waals surface area contributed by atoms with Crippen LogP contribution in [0.4, 0.5) is 4.39 Å². The number of rotatable bonds is 6. The van der Waals surface area contributed by atoms with Gasteiger partial charge in [0.25, 0.3) is 0 Å². The van der Waals surface area contributed by atoms with Gasteiger partial charge in [0.15, 0.2) is 0 Å². The van der Waals surface area contributed by atoms with E-state index in [9.17, 15) is 9.50 Å². The molecule has 0 heterocycles. The quantitative estimate of drug-likeness (QED) is 0.769. The Bertz CT molecular complexity index is 815. The number of terminal acetylenes is 1. The first-order valence-electron chi connectivity index (χ1n) is 9.65. The smallest absolute Gasteiger partial charge is 0.123 e. The molecule has 1 fully saturated rings. The van der Waals surface area contributed by atoms with E-state index in [1.54, 1.807) is 12.1 Å². The predicted molar refractivity (Wildman–Crippen MR) is 109 cm³/mol. The van der Waals surface area contributed by atoms with Gasteiger partial charge in [-0.15, -0.1) is 6.42 Å². The molecule has 28 heavy (non-hydrogen) atoms. The summed E-state index contributed by atoms with van der Waals surface area (Å²) in [5, 5.41) is 11.8. The van der Waals surface area contributed by atoms with Crippen LogP contribution < -0.4 is 0 Å². The van der Waals surface area contributed by atoms with E-state index in [0.717, 1.165) is 11.1 Å². The first-order valence-corrected chi connectivity index (χ1v) is 9.65. The molecule has 3 atom stereocenters. The van der Waals surface area contributed by atoms with Crippen molar-refractivity contribution >= 4 is 0 Å². The summed E-state index contributed by atoms with van der Waals surface area (Å²) in [4.78, 5) is 2.02. The van der Waals surface area contributed by atoms with E-state index in [0.29, 0.717) is 32.4 Å². The summed E-state index contributed by atoms with van der Waals surface area (Å²) in [6, 6.07) is 16.0. The van der Waals surface area contributed by atoms with Crippen LogP contribution in [0.3, 0.4) is 0 Å². The maximum absolute atomic E-state index is 13.1. The fourth-order valence-corrected chi connectivity index (χ4v) is 4.30. The molecule has 148 valence electrons. The maximum Gasteiger partial charge on any atom is 0.123 e. The molecule has 1 N–H and O–H groups in total. The van der Waals surface area contributed by atoms with Crippen LogP contribution in [0, 0.1) is 23.6 Å². The highest BCUT2D eigenvalue weighted by Gasteiger charge is 2.54. The van der Waals surface area contributed by atoms with Crippen molar-refractivity contribution in [2.45, 2.75) is 37.6 Å². The molecular weight excluding hydrogens is 353 g/mol. The molecule has 3 rings (SSSR count). The lowest BCUT2D eigenvalue weighted by atomic mass is 9.59. The molecule has 3 unspecified atom stereocenters. The van der Waals surface area contributed by atoms with Crippen LogP contribution in [0.15, 0.2) is 54.6 Å². The van der Waals surface area contributed by atoms with Crippen LogP contribution in [-0.4, -0.2) is 36.8 Å². The summed E-state index contributed by atoms with van der Waals surface area (Å²) < 4.78 is 19.2. The lowest BCUT2D eigenvalue weighted by Crippen LogP contribution is -2.55. The van der Waals surface area contributed by atoms with E-state index >= 15 is 0 Å². The fraction of sp³-hybridized carbons (Fsp3) is 0.417. The number of hydrogen-bond acceptors (Lipinski definition) is 3. The van der Waals surface area contributed by atoms with E-state index in [2.05, 4.69) is 5.92 Å². The number of benzene rings is 2. The third kappa shape index (κ3) is 4.12. The first-order chi connectivity index (χ1) is 13.4. The number of nitrogens with zero attached hydrogens (tertiary/aromatic N) is 1. The van der Waals surface area contributed by atoms with E-state index in [1.165, 1.54) is 12.1 Å². The van der Waals surface area contributed by atoms with E-state index in [1.807, 2.05) is 49.3 Å². The summed E-state index contributed by atoms with van der Waals surface area (Å²) in [7, 11) is 3.93. The van der Waals surface area contributed by atoms with Crippen molar-refractivity contribution in [3.63, 3.8) is 0 Å². The zero-order valence-electron chi connectivity index (χ0n) is 16.6. The molecule has 0 radical (unpaired) electrons. The van der Waals surface area contributed by atoms with Crippen molar-refractivity contribution in [1.82, 2.24) is 4.90 Å². The van der Waals surface area contributed by atoms with Gasteiger partial charge in [0.05, 0.1) is 18.1 Å². The molecule has 3 nitrogen and oxygen atoms in total. The second kappa shape index (κ2) is 8.45. The van der Waals surface area contributed by atoms with E-state index in [4.69, 9.17) is 11.2 Å². The number of halogens is 1. The van der Waals surface area contributed by atoms with Gasteiger partial charge < -0.3 is 14.7 Å². The Labute approximate surface area is 167 Å². The average Bonchev–Trinajstić information content (AvgIpc) is 2.70. The van der Waals surface area contributed by atoms with Gasteiger partial charge in [-0.3, -0.25) is 0 Å². The third-order valence-electron chi connectivity index (χ3n) is 5.71. The van der Waals surface area contributed by atoms with Gasteiger partial charge in [-0.1, -0.05) is 48.4 Å². The monoisotopic (exact) mass is 381 g/mol. The summed E-state index contributed by atoms with van der Waals surface area (Å²) >= 11 is 0. The molecular formula is C24H28FNO2. The van der Waals surface area contributed by atoms with E-state index in [-0.39, 0.29) is 11.9 Å². The summed E-state index contributed by atoms with van der Waals surface area (Å²) in [5.41, 5.74) is -0.0944. The SMILES string of the molecule is C#CC1(CN(C)C)CC(OCc2ccc(F)cc2)CCC1(O)c1ccccc1. The Morgan fingerprint density at radius 2 is 1.86 bits per heavy atom. The van der Waals surface area contributed by atoms with Crippen molar-refractivity contribution < 1.29 is 14.2 Å². The number of ether oxygens (including phenoxy) is 1. The standard InChI is InChI=1S/C24H28FNO2/c1-4-23(18-26(2)3)16-22(28-17-19-10-12-21(25)13-11-19)14-15-24(23,27)20-8-6-5-7-9-20/h1,5-13,22,27H,14-18H2,2-3H3. The molecule has 0 bridgehead atoms. The molecule has 0 amide bonds. The first kappa shape index (κ1) is 20.5. The topological polar surface area (TPSA) is 32.7 Å². The van der Waals surface area contributed by atoms with Crippen molar-refractivity contribution in [1.29, 1.82) is 0 Å². The molecule has 0 saturated heterocycles. The maximum atomic E-state index is 13.1. The molecule has 1 saturated carbocycles. The van der Waals surface area contributed by atoms with Crippen LogP contribution in [0.1, 0.15) is 30.4 Å². The molecule has 0 spiro atoms. The van der Waals surface area contributed by atoms with Crippen LogP contribution >= 0.6 is 0 Å². The molecule has 2 aromatic carbocycles. The zero-order chi connectivity index (χ0) is 20.2. The van der Waals surface area contributed by atoms with Gasteiger partial charge in [-0.2, -0.15) is 0 Å². The van der Waals surface area contributed by atoms with Gasteiger partial charge in [0, 0.05) is 6.54 Å². The largest absolute Gasteiger partial charge is 0.384 e. The Morgan fingerprint density at radius 3 is 2.46 bits per heavy atom. The Hall–Kier alpha value is -2.19. The second-order valence-electron chi connectivity index (χ2n) is 7.99. The van der Waals surface area contributed by atoms with Crippen molar-refractivity contribution in [2.75, 3.05) is 20.6 Å². The van der Waals surface area contributed by atoms with Crippen molar-refractivity contribution in [3.05, 3.63) is 71.5 Å². The minimum atomic E-state index is -1.11. The lowest BCUT2D eigenvalue weighted by Gasteiger charge is -2.51. The van der Waals surface area contributed by atoms with Crippen molar-refractivity contribution in [3.8, 4) is 12.3 Å². The van der Waals surface area contributed by atoms with Crippen LogP contribution in [0.2, 0.25) is 0 Å². The molecule has 1 aliphatic carbocycles. The minimum absolute atomic E-state index is 0.0648. The minimum Gasteiger partial charge on any atom is -0.384 e. The Kier molecular flexibility index (Phi) is 6.20. The molecule has 4 heteroatoms. The summed E-state index contributed by atoms with van der Waals surface area (Å²) in [6.07, 6.45) is 7.79. The van der Waals surface area contributed by atoms with Gasteiger partial charge in [0.2, 0.25) is 0 Å². The summed E-state index contributed by atoms with van der Waals surface area (Å²) in [5.74, 6) is 2.69. The fourth-order valence-electron chi connectivity index (χ4n) is 4.30. The lowest BCUT2D eigenvalue weighted by molar-refractivity contribution is -0.141. The normalized spacial score (nSPS) is 27.5. The van der Waals surface area contributed by atoms with Gasteiger partial charge in [-0.25, -0.2) is 4.39 Å². The third-order valence-corrected chi connectivity index (χ3v) is 5.71. The van der Waals surface area contributed by atoms with Gasteiger partial charge in [0.1, 0.15) is 11.4 Å². The molecule has 0 aromatic heterocycles. The summed E-state index contributed by atoms with van der Waals surface area (Å²) in [6.45, 7) is 0.961. The average molecular weight is 381 g/mol. The zero-order valence-corrected chi connectivity index (χ0v) is 16.6. The van der Waals surface area contributed by atoms with Gasteiger partial charge in [-0.05, 0) is 56.6 Å². The molecule has 2 aromatic rings. The molecule has 0 aliphatic heterocycles.